The molecule has 26 heavy (non-hydrogen) atoms. The minimum Gasteiger partial charge on any atom is -0.494 e. The lowest BCUT2D eigenvalue weighted by Gasteiger charge is -2.34. The summed E-state index contributed by atoms with van der Waals surface area (Å²) in [5.74, 6) is 1.51. The number of ether oxygens (including phenoxy) is 2. The number of hydrogen-bond donors (Lipinski definition) is 1. The first-order valence-corrected chi connectivity index (χ1v) is 9.34. The van der Waals surface area contributed by atoms with Crippen molar-refractivity contribution in [2.24, 2.45) is 11.7 Å². The van der Waals surface area contributed by atoms with Crippen LogP contribution in [0.2, 0.25) is 0 Å². The molecule has 1 saturated heterocycles. The highest BCUT2D eigenvalue weighted by Gasteiger charge is 2.25. The summed E-state index contributed by atoms with van der Waals surface area (Å²) < 4.78 is 10.8. The molecule has 2 unspecified atom stereocenters. The lowest BCUT2D eigenvalue weighted by Crippen LogP contribution is -2.45. The van der Waals surface area contributed by atoms with Gasteiger partial charge in [-0.1, -0.05) is 12.1 Å². The number of rotatable bonds is 9. The number of halogens is 1. The number of carbonyl (C=O) groups is 1. The average Bonchev–Trinajstić information content (AvgIpc) is 2.64. The van der Waals surface area contributed by atoms with Crippen LogP contribution in [0.4, 0.5) is 0 Å². The molecule has 148 valence electrons. The van der Waals surface area contributed by atoms with Crippen LogP contribution in [0.25, 0.3) is 0 Å². The number of piperidine rings is 1. The summed E-state index contributed by atoms with van der Waals surface area (Å²) in [4.78, 5) is 14.3. The molecular formula is C20H33ClN2O3. The molecule has 2 N–H and O–H groups in total. The third kappa shape index (κ3) is 7.52. The number of nitrogens with two attached hydrogens (primary N) is 1. The van der Waals surface area contributed by atoms with Gasteiger partial charge in [-0.15, -0.1) is 12.4 Å². The van der Waals surface area contributed by atoms with Crippen LogP contribution in [0.5, 0.6) is 5.75 Å². The lowest BCUT2D eigenvalue weighted by atomic mass is 9.92. The second-order valence-electron chi connectivity index (χ2n) is 6.94. The van der Waals surface area contributed by atoms with E-state index >= 15 is 0 Å². The molecule has 0 radical (unpaired) electrons. The Hall–Kier alpha value is -1.30. The van der Waals surface area contributed by atoms with Crippen LogP contribution in [0.15, 0.2) is 24.3 Å². The van der Waals surface area contributed by atoms with Gasteiger partial charge in [0.2, 0.25) is 5.91 Å². The minimum absolute atomic E-state index is 0. The van der Waals surface area contributed by atoms with Crippen molar-refractivity contribution in [3.05, 3.63) is 29.8 Å². The van der Waals surface area contributed by atoms with E-state index in [2.05, 4.69) is 12.1 Å². The largest absolute Gasteiger partial charge is 0.494 e. The number of hydrogen-bond acceptors (Lipinski definition) is 4. The van der Waals surface area contributed by atoms with Crippen molar-refractivity contribution >= 4 is 18.3 Å². The van der Waals surface area contributed by atoms with Crippen molar-refractivity contribution in [3.8, 4) is 5.75 Å². The van der Waals surface area contributed by atoms with Gasteiger partial charge in [0.1, 0.15) is 5.75 Å². The average molecular weight is 385 g/mol. The van der Waals surface area contributed by atoms with E-state index in [-0.39, 0.29) is 24.4 Å². The fourth-order valence-electron chi connectivity index (χ4n) is 3.21. The zero-order chi connectivity index (χ0) is 18.1. The molecule has 1 heterocycles. The van der Waals surface area contributed by atoms with E-state index in [0.717, 1.165) is 51.1 Å². The van der Waals surface area contributed by atoms with Gasteiger partial charge in [-0.05, 0) is 56.2 Å². The normalized spacial score (nSPS) is 18.1. The lowest BCUT2D eigenvalue weighted by molar-refractivity contribution is -0.133. The summed E-state index contributed by atoms with van der Waals surface area (Å²) in [7, 11) is 1.71. The second kappa shape index (κ2) is 12.2. The first-order chi connectivity index (χ1) is 12.1. The zero-order valence-electron chi connectivity index (χ0n) is 16.0. The van der Waals surface area contributed by atoms with Gasteiger partial charge in [-0.2, -0.15) is 0 Å². The highest BCUT2D eigenvalue weighted by molar-refractivity contribution is 5.85. The Kier molecular flexibility index (Phi) is 10.6. The molecule has 1 fully saturated rings. The first kappa shape index (κ1) is 22.7. The fourth-order valence-corrected chi connectivity index (χ4v) is 3.21. The van der Waals surface area contributed by atoms with E-state index < -0.39 is 0 Å². The third-order valence-corrected chi connectivity index (χ3v) is 4.88. The maximum Gasteiger partial charge on any atom is 0.222 e. The molecule has 1 aromatic rings. The SMILES string of the molecule is COCCc1ccc(OCCCC(=O)N2CCCC(C(C)N)C2)cc1.Cl. The Labute approximate surface area is 163 Å². The second-order valence-corrected chi connectivity index (χ2v) is 6.94. The predicted molar refractivity (Wildman–Crippen MR) is 107 cm³/mol. The van der Waals surface area contributed by atoms with Gasteiger partial charge in [-0.3, -0.25) is 4.79 Å². The highest BCUT2D eigenvalue weighted by Crippen LogP contribution is 2.20. The van der Waals surface area contributed by atoms with Crippen molar-refractivity contribution in [2.75, 3.05) is 33.4 Å². The Morgan fingerprint density at radius 1 is 1.31 bits per heavy atom. The summed E-state index contributed by atoms with van der Waals surface area (Å²) in [5, 5.41) is 0. The maximum absolute atomic E-state index is 12.3. The molecule has 1 aliphatic rings. The van der Waals surface area contributed by atoms with Crippen molar-refractivity contribution in [1.82, 2.24) is 4.90 Å². The monoisotopic (exact) mass is 384 g/mol. The topological polar surface area (TPSA) is 64.8 Å². The van der Waals surface area contributed by atoms with Crippen LogP contribution in [0, 0.1) is 5.92 Å². The van der Waals surface area contributed by atoms with E-state index in [1.165, 1.54) is 5.56 Å². The summed E-state index contributed by atoms with van der Waals surface area (Å²) in [6.07, 6.45) is 4.37. The molecule has 0 bridgehead atoms. The molecule has 5 nitrogen and oxygen atoms in total. The number of methoxy groups -OCH3 is 1. The van der Waals surface area contributed by atoms with E-state index in [0.29, 0.717) is 18.9 Å². The van der Waals surface area contributed by atoms with Gasteiger partial charge in [0.25, 0.3) is 0 Å². The van der Waals surface area contributed by atoms with E-state index in [1.54, 1.807) is 7.11 Å². The van der Waals surface area contributed by atoms with Gasteiger partial charge in [0.15, 0.2) is 0 Å². The van der Waals surface area contributed by atoms with Gasteiger partial charge in [0, 0.05) is 32.7 Å². The molecule has 2 rings (SSSR count). The Morgan fingerprint density at radius 3 is 2.69 bits per heavy atom. The van der Waals surface area contributed by atoms with Crippen molar-refractivity contribution in [2.45, 2.75) is 45.1 Å². The number of likely N-dealkylation sites (tertiary alicyclic amines) is 1. The fraction of sp³-hybridized carbons (Fsp3) is 0.650. The van der Waals surface area contributed by atoms with Crippen LogP contribution >= 0.6 is 12.4 Å². The van der Waals surface area contributed by atoms with Crippen LogP contribution in [0.1, 0.15) is 38.2 Å². The summed E-state index contributed by atoms with van der Waals surface area (Å²) >= 11 is 0. The Morgan fingerprint density at radius 2 is 2.04 bits per heavy atom. The number of benzene rings is 1. The highest BCUT2D eigenvalue weighted by atomic mass is 35.5. The number of carbonyl (C=O) groups excluding carboxylic acids is 1. The smallest absolute Gasteiger partial charge is 0.222 e. The quantitative estimate of drug-likeness (QED) is 0.664. The summed E-state index contributed by atoms with van der Waals surface area (Å²) in [6, 6.07) is 8.23. The van der Waals surface area contributed by atoms with Crippen molar-refractivity contribution in [3.63, 3.8) is 0 Å². The molecular weight excluding hydrogens is 352 g/mol. The molecule has 0 aliphatic carbocycles. The van der Waals surface area contributed by atoms with E-state index in [9.17, 15) is 4.79 Å². The number of nitrogens with zero attached hydrogens (tertiary/aromatic N) is 1. The molecule has 1 amide bonds. The predicted octanol–water partition coefficient (Wildman–Crippen LogP) is 3.04. The molecule has 0 saturated carbocycles. The minimum atomic E-state index is 0. The van der Waals surface area contributed by atoms with Crippen LogP contribution in [0.3, 0.4) is 0 Å². The molecule has 1 aliphatic heterocycles. The molecule has 0 spiro atoms. The van der Waals surface area contributed by atoms with Gasteiger partial charge in [-0.25, -0.2) is 0 Å². The van der Waals surface area contributed by atoms with Gasteiger partial charge >= 0.3 is 0 Å². The van der Waals surface area contributed by atoms with Gasteiger partial charge < -0.3 is 20.1 Å². The molecule has 1 aromatic carbocycles. The van der Waals surface area contributed by atoms with Crippen LogP contribution in [-0.4, -0.2) is 50.3 Å². The zero-order valence-corrected chi connectivity index (χ0v) is 16.8. The standard InChI is InChI=1S/C20H32N2O3.ClH/c1-16(21)18-5-3-12-22(15-18)20(23)6-4-13-25-19-9-7-17(8-10-19)11-14-24-2;/h7-10,16,18H,3-6,11-15,21H2,1-2H3;1H. The molecule has 6 heteroatoms. The summed E-state index contributed by atoms with van der Waals surface area (Å²) in [5.41, 5.74) is 7.22. The number of amides is 1. The maximum atomic E-state index is 12.3. The van der Waals surface area contributed by atoms with Crippen LogP contribution < -0.4 is 10.5 Å². The van der Waals surface area contributed by atoms with Crippen LogP contribution in [-0.2, 0) is 16.0 Å². The molecule has 0 aromatic heterocycles. The molecule has 2 atom stereocenters. The van der Waals surface area contributed by atoms with E-state index in [1.807, 2.05) is 24.0 Å². The third-order valence-electron chi connectivity index (χ3n) is 4.88. The first-order valence-electron chi connectivity index (χ1n) is 9.34. The Balaban J connectivity index is 0.00000338. The van der Waals surface area contributed by atoms with Crippen molar-refractivity contribution in [1.29, 1.82) is 0 Å². The van der Waals surface area contributed by atoms with Gasteiger partial charge in [0.05, 0.1) is 13.2 Å². The van der Waals surface area contributed by atoms with E-state index in [4.69, 9.17) is 15.2 Å². The van der Waals surface area contributed by atoms with Crippen molar-refractivity contribution < 1.29 is 14.3 Å². The Bertz CT molecular complexity index is 522. The summed E-state index contributed by atoms with van der Waals surface area (Å²) in [6.45, 7) is 5.00.